The average molecular weight is 277 g/mol. The van der Waals surface area contributed by atoms with E-state index in [9.17, 15) is 0 Å². The number of pyridine rings is 1. The van der Waals surface area contributed by atoms with Gasteiger partial charge in [-0.15, -0.1) is 10.2 Å². The minimum atomic E-state index is 0.0388. The number of aryl methyl sites for hydroxylation is 1. The van der Waals surface area contributed by atoms with E-state index in [0.717, 1.165) is 23.1 Å². The van der Waals surface area contributed by atoms with Crippen LogP contribution in [0.25, 0.3) is 0 Å². The van der Waals surface area contributed by atoms with E-state index in [-0.39, 0.29) is 11.3 Å². The maximum absolute atomic E-state index is 6.24. The minimum absolute atomic E-state index is 0.0388. The Bertz CT molecular complexity index is 525. The highest BCUT2D eigenvalue weighted by Gasteiger charge is 2.23. The van der Waals surface area contributed by atoms with Gasteiger partial charge in [0.15, 0.2) is 5.16 Å². The molecule has 0 fully saturated rings. The molecule has 2 atom stereocenters. The molecule has 5 nitrogen and oxygen atoms in total. The molecule has 2 unspecified atom stereocenters. The lowest BCUT2D eigenvalue weighted by Gasteiger charge is -2.21. The average Bonchev–Trinajstić information content (AvgIpc) is 2.76. The van der Waals surface area contributed by atoms with E-state index in [4.69, 9.17) is 5.73 Å². The van der Waals surface area contributed by atoms with E-state index in [1.54, 1.807) is 18.0 Å². The Hall–Kier alpha value is -1.40. The molecule has 2 aromatic heterocycles. The lowest BCUT2D eigenvalue weighted by atomic mass is 10.1. The van der Waals surface area contributed by atoms with Crippen molar-refractivity contribution in [1.82, 2.24) is 19.7 Å². The molecule has 2 heterocycles. The molecule has 0 radical (unpaired) electrons. The second kappa shape index (κ2) is 6.16. The van der Waals surface area contributed by atoms with Gasteiger partial charge in [-0.3, -0.25) is 4.98 Å². The molecule has 0 aliphatic heterocycles. The summed E-state index contributed by atoms with van der Waals surface area (Å²) in [5, 5.41) is 9.23. The van der Waals surface area contributed by atoms with Crippen molar-refractivity contribution in [2.75, 3.05) is 0 Å². The van der Waals surface area contributed by atoms with Crippen LogP contribution < -0.4 is 5.73 Å². The van der Waals surface area contributed by atoms with Gasteiger partial charge in [-0.2, -0.15) is 0 Å². The molecule has 6 heteroatoms. The van der Waals surface area contributed by atoms with Gasteiger partial charge < -0.3 is 10.3 Å². The summed E-state index contributed by atoms with van der Waals surface area (Å²) in [5.41, 5.74) is 7.22. The summed E-state index contributed by atoms with van der Waals surface area (Å²) in [5.74, 6) is 0.896. The van der Waals surface area contributed by atoms with Crippen LogP contribution in [0.15, 0.2) is 29.6 Å². The first-order chi connectivity index (χ1) is 9.13. The maximum Gasteiger partial charge on any atom is 0.191 e. The van der Waals surface area contributed by atoms with E-state index >= 15 is 0 Å². The van der Waals surface area contributed by atoms with E-state index in [0.29, 0.717) is 0 Å². The van der Waals surface area contributed by atoms with E-state index in [1.165, 1.54) is 0 Å². The van der Waals surface area contributed by atoms with Crippen molar-refractivity contribution in [2.45, 2.75) is 36.7 Å². The van der Waals surface area contributed by atoms with Crippen molar-refractivity contribution in [3.05, 3.63) is 35.9 Å². The molecule has 0 aliphatic rings. The van der Waals surface area contributed by atoms with Crippen molar-refractivity contribution < 1.29 is 0 Å². The third-order valence-corrected chi connectivity index (χ3v) is 4.54. The van der Waals surface area contributed by atoms with Gasteiger partial charge in [-0.1, -0.05) is 24.8 Å². The predicted octanol–water partition coefficient (Wildman–Crippen LogP) is 2.09. The van der Waals surface area contributed by atoms with E-state index in [2.05, 4.69) is 22.1 Å². The predicted molar refractivity (Wildman–Crippen MR) is 76.8 cm³/mol. The standard InChI is InChI=1S/C13H19N5S/c1-4-10(14)12(11-7-5-6-8-15-11)19-13-17-16-9(2)18(13)3/h5-8,10,12H,4,14H2,1-3H3. The summed E-state index contributed by atoms with van der Waals surface area (Å²) in [6.45, 7) is 4.02. The van der Waals surface area contributed by atoms with Crippen molar-refractivity contribution in [2.24, 2.45) is 12.8 Å². The van der Waals surface area contributed by atoms with E-state index < -0.39 is 0 Å². The van der Waals surface area contributed by atoms with E-state index in [1.807, 2.05) is 36.7 Å². The first-order valence-electron chi connectivity index (χ1n) is 6.32. The van der Waals surface area contributed by atoms with Gasteiger partial charge in [0.2, 0.25) is 0 Å². The van der Waals surface area contributed by atoms with Crippen LogP contribution in [0.4, 0.5) is 0 Å². The van der Waals surface area contributed by atoms with Gasteiger partial charge in [0.1, 0.15) is 5.82 Å². The van der Waals surface area contributed by atoms with Gasteiger partial charge >= 0.3 is 0 Å². The largest absolute Gasteiger partial charge is 0.326 e. The van der Waals surface area contributed by atoms with Gasteiger partial charge in [0.25, 0.3) is 0 Å². The minimum Gasteiger partial charge on any atom is -0.326 e. The number of hydrogen-bond donors (Lipinski definition) is 1. The number of nitrogens with zero attached hydrogens (tertiary/aromatic N) is 4. The fraction of sp³-hybridized carbons (Fsp3) is 0.462. The number of nitrogens with two attached hydrogens (primary N) is 1. The third kappa shape index (κ3) is 3.13. The highest BCUT2D eigenvalue weighted by atomic mass is 32.2. The normalized spacial score (nSPS) is 14.3. The molecule has 0 bridgehead atoms. The molecule has 102 valence electrons. The lowest BCUT2D eigenvalue weighted by Crippen LogP contribution is -2.26. The van der Waals surface area contributed by atoms with Gasteiger partial charge in [-0.25, -0.2) is 0 Å². The van der Waals surface area contributed by atoms with Crippen LogP contribution in [0.3, 0.4) is 0 Å². The topological polar surface area (TPSA) is 69.6 Å². The third-order valence-electron chi connectivity index (χ3n) is 3.12. The number of hydrogen-bond acceptors (Lipinski definition) is 5. The molecular formula is C13H19N5S. The summed E-state index contributed by atoms with van der Waals surface area (Å²) in [6, 6.07) is 5.95. The molecule has 2 rings (SSSR count). The molecule has 0 aromatic carbocycles. The lowest BCUT2D eigenvalue weighted by molar-refractivity contribution is 0.620. The van der Waals surface area contributed by atoms with Crippen LogP contribution in [0, 0.1) is 6.92 Å². The zero-order chi connectivity index (χ0) is 13.8. The van der Waals surface area contributed by atoms with Crippen molar-refractivity contribution in [3.8, 4) is 0 Å². The first kappa shape index (κ1) is 14.0. The van der Waals surface area contributed by atoms with Crippen LogP contribution in [-0.4, -0.2) is 25.8 Å². The zero-order valence-electron chi connectivity index (χ0n) is 11.4. The number of thioether (sulfide) groups is 1. The van der Waals surface area contributed by atoms with Crippen molar-refractivity contribution in [3.63, 3.8) is 0 Å². The number of aromatic nitrogens is 4. The summed E-state index contributed by atoms with van der Waals surface area (Å²) >= 11 is 1.62. The fourth-order valence-electron chi connectivity index (χ4n) is 1.73. The van der Waals surface area contributed by atoms with Crippen LogP contribution in [0.5, 0.6) is 0 Å². The molecular weight excluding hydrogens is 258 g/mol. The highest BCUT2D eigenvalue weighted by Crippen LogP contribution is 2.36. The Morgan fingerprint density at radius 1 is 1.37 bits per heavy atom. The quantitative estimate of drug-likeness (QED) is 0.847. The zero-order valence-corrected chi connectivity index (χ0v) is 12.3. The van der Waals surface area contributed by atoms with Crippen LogP contribution in [-0.2, 0) is 7.05 Å². The maximum atomic E-state index is 6.24. The Labute approximate surface area is 117 Å². The smallest absolute Gasteiger partial charge is 0.191 e. The Balaban J connectivity index is 2.27. The van der Waals surface area contributed by atoms with Gasteiger partial charge in [0, 0.05) is 19.3 Å². The monoisotopic (exact) mass is 277 g/mol. The highest BCUT2D eigenvalue weighted by molar-refractivity contribution is 7.99. The molecule has 0 spiro atoms. The molecule has 19 heavy (non-hydrogen) atoms. The fourth-order valence-corrected chi connectivity index (χ4v) is 2.96. The Morgan fingerprint density at radius 2 is 2.16 bits per heavy atom. The molecule has 0 saturated heterocycles. The molecule has 2 aromatic rings. The van der Waals surface area contributed by atoms with Gasteiger partial charge in [0.05, 0.1) is 10.9 Å². The summed E-state index contributed by atoms with van der Waals surface area (Å²) < 4.78 is 1.98. The molecule has 0 amide bonds. The number of rotatable bonds is 5. The van der Waals surface area contributed by atoms with Crippen molar-refractivity contribution in [1.29, 1.82) is 0 Å². The molecule has 2 N–H and O–H groups in total. The summed E-state index contributed by atoms with van der Waals surface area (Å²) in [6.07, 6.45) is 2.69. The SMILES string of the molecule is CCC(N)C(Sc1nnc(C)n1C)c1ccccn1. The second-order valence-corrected chi connectivity index (χ2v) is 5.56. The molecule has 0 saturated carbocycles. The Morgan fingerprint density at radius 3 is 2.68 bits per heavy atom. The van der Waals surface area contributed by atoms with Crippen LogP contribution in [0.1, 0.15) is 30.1 Å². The molecule has 0 aliphatic carbocycles. The summed E-state index contributed by atoms with van der Waals surface area (Å²) in [7, 11) is 1.96. The Kier molecular flexibility index (Phi) is 4.55. The second-order valence-electron chi connectivity index (χ2n) is 4.45. The van der Waals surface area contributed by atoms with Crippen LogP contribution in [0.2, 0.25) is 0 Å². The van der Waals surface area contributed by atoms with Crippen molar-refractivity contribution >= 4 is 11.8 Å². The first-order valence-corrected chi connectivity index (χ1v) is 7.20. The van der Waals surface area contributed by atoms with Gasteiger partial charge in [-0.05, 0) is 25.5 Å². The summed E-state index contributed by atoms with van der Waals surface area (Å²) in [4.78, 5) is 4.42. The van der Waals surface area contributed by atoms with Crippen LogP contribution >= 0.6 is 11.8 Å².